The van der Waals surface area contributed by atoms with Crippen LogP contribution in [0, 0.1) is 5.92 Å². The summed E-state index contributed by atoms with van der Waals surface area (Å²) in [7, 11) is 0. The first-order valence-electron chi connectivity index (χ1n) is 7.51. The second-order valence-corrected chi connectivity index (χ2v) is 5.70. The minimum absolute atomic E-state index is 0.167. The van der Waals surface area contributed by atoms with Crippen molar-refractivity contribution in [3.05, 3.63) is 29.8 Å². The fourth-order valence-corrected chi connectivity index (χ4v) is 2.65. The van der Waals surface area contributed by atoms with E-state index in [0.29, 0.717) is 6.61 Å². The van der Waals surface area contributed by atoms with Crippen molar-refractivity contribution in [2.24, 2.45) is 5.92 Å². The van der Waals surface area contributed by atoms with E-state index in [4.69, 9.17) is 4.74 Å². The summed E-state index contributed by atoms with van der Waals surface area (Å²) in [4.78, 5) is 11.9. The molecular weight excluding hydrogens is 314 g/mol. The largest absolute Gasteiger partial charge is 0.423 e. The van der Waals surface area contributed by atoms with Crippen LogP contribution >= 0.6 is 0 Å². The van der Waals surface area contributed by atoms with E-state index in [-0.39, 0.29) is 30.0 Å². The molecule has 128 valence electrons. The van der Waals surface area contributed by atoms with Crippen molar-refractivity contribution in [1.29, 1.82) is 0 Å². The Morgan fingerprint density at radius 2 is 2.09 bits per heavy atom. The maximum atomic E-state index is 13.3. The van der Waals surface area contributed by atoms with Crippen LogP contribution in [0.15, 0.2) is 24.3 Å². The van der Waals surface area contributed by atoms with E-state index in [1.54, 1.807) is 0 Å². The van der Waals surface area contributed by atoms with Crippen LogP contribution in [0.1, 0.15) is 37.9 Å². The van der Waals surface area contributed by atoms with E-state index in [9.17, 15) is 22.4 Å². The van der Waals surface area contributed by atoms with Gasteiger partial charge in [0.2, 0.25) is 12.1 Å². The fourth-order valence-electron chi connectivity index (χ4n) is 2.65. The lowest BCUT2D eigenvalue weighted by atomic mass is 9.80. The van der Waals surface area contributed by atoms with Crippen LogP contribution in [0.2, 0.25) is 0 Å². The predicted octanol–water partition coefficient (Wildman–Crippen LogP) is 4.40. The smallest absolute Gasteiger partial charge is 0.378 e. The zero-order valence-electron chi connectivity index (χ0n) is 12.7. The summed E-state index contributed by atoms with van der Waals surface area (Å²) in [6.45, 7) is 2.55. The topological polar surface area (TPSA) is 38.3 Å². The lowest BCUT2D eigenvalue weighted by Crippen LogP contribution is -2.33. The van der Waals surface area contributed by atoms with Gasteiger partial charge in [0.1, 0.15) is 0 Å². The molecule has 0 bridgehead atoms. The average molecular weight is 333 g/mol. The number of hydrogen-bond donors (Lipinski definition) is 1. The van der Waals surface area contributed by atoms with Gasteiger partial charge in [0.25, 0.3) is 0 Å². The van der Waals surface area contributed by atoms with E-state index in [1.807, 2.05) is 6.92 Å². The van der Waals surface area contributed by atoms with E-state index in [1.165, 1.54) is 12.1 Å². The number of rotatable bonds is 6. The molecular formula is C16H19F4NO2. The van der Waals surface area contributed by atoms with Gasteiger partial charge in [-0.25, -0.2) is 4.39 Å². The average Bonchev–Trinajstić information content (AvgIpc) is 2.43. The summed E-state index contributed by atoms with van der Waals surface area (Å²) in [5.41, 5.74) is -0.351. The van der Waals surface area contributed by atoms with Crippen LogP contribution in [0.4, 0.5) is 23.2 Å². The zero-order valence-corrected chi connectivity index (χ0v) is 12.7. The van der Waals surface area contributed by atoms with Crippen molar-refractivity contribution in [2.75, 3.05) is 11.9 Å². The maximum absolute atomic E-state index is 13.3. The molecule has 0 heterocycles. The number of anilines is 1. The van der Waals surface area contributed by atoms with Crippen molar-refractivity contribution >= 4 is 11.6 Å². The van der Waals surface area contributed by atoms with Gasteiger partial charge in [0.15, 0.2) is 0 Å². The number of benzene rings is 1. The first-order chi connectivity index (χ1) is 10.8. The second-order valence-electron chi connectivity index (χ2n) is 5.70. The summed E-state index contributed by atoms with van der Waals surface area (Å²) < 4.78 is 55.8. The molecule has 0 radical (unpaired) electrons. The molecule has 3 nitrogen and oxygen atoms in total. The van der Waals surface area contributed by atoms with Crippen LogP contribution in [-0.4, -0.2) is 24.8 Å². The van der Waals surface area contributed by atoms with Gasteiger partial charge in [-0.1, -0.05) is 12.1 Å². The Hall–Kier alpha value is -1.63. The van der Waals surface area contributed by atoms with Crippen LogP contribution < -0.4 is 5.32 Å². The summed E-state index contributed by atoms with van der Waals surface area (Å²) in [6, 6.07) is 4.79. The Morgan fingerprint density at radius 1 is 1.39 bits per heavy atom. The molecule has 0 spiro atoms. The fraction of sp³-hybridized carbons (Fsp3) is 0.562. The van der Waals surface area contributed by atoms with Crippen molar-refractivity contribution in [2.45, 2.75) is 44.6 Å². The predicted molar refractivity (Wildman–Crippen MR) is 77.7 cm³/mol. The minimum atomic E-state index is -4.96. The summed E-state index contributed by atoms with van der Waals surface area (Å²) in [5.74, 6) is -0.0663. The third-order valence-electron chi connectivity index (χ3n) is 3.82. The standard InChI is InChI=1S/C16H19F4NO2/c1-2-23-13-6-10(7-13)8-14(22)21-12-5-3-4-11(9-12)15(17)16(18,19)20/h3-5,9-10,13,15H,2,6-8H2,1H3,(H,21,22)/t10?,13?,15-/m1/s1. The minimum Gasteiger partial charge on any atom is -0.378 e. The molecule has 0 aliphatic heterocycles. The number of hydrogen-bond acceptors (Lipinski definition) is 2. The van der Waals surface area contributed by atoms with Gasteiger partial charge in [-0.15, -0.1) is 0 Å². The molecule has 1 saturated carbocycles. The van der Waals surface area contributed by atoms with Crippen LogP contribution in [0.5, 0.6) is 0 Å². The lowest BCUT2D eigenvalue weighted by Gasteiger charge is -2.34. The highest BCUT2D eigenvalue weighted by Crippen LogP contribution is 2.37. The number of halogens is 4. The molecule has 1 N–H and O–H groups in total. The summed E-state index contributed by atoms with van der Waals surface area (Å²) >= 11 is 0. The van der Waals surface area contributed by atoms with Crippen molar-refractivity contribution < 1.29 is 27.1 Å². The molecule has 0 aromatic heterocycles. The molecule has 7 heteroatoms. The summed E-state index contributed by atoms with van der Waals surface area (Å²) in [6.07, 6.45) is -5.92. The Bertz CT molecular complexity index is 541. The number of nitrogens with one attached hydrogen (secondary N) is 1. The first kappa shape index (κ1) is 17.7. The van der Waals surface area contributed by atoms with Gasteiger partial charge in [0.05, 0.1) is 6.10 Å². The van der Waals surface area contributed by atoms with E-state index in [2.05, 4.69) is 5.32 Å². The van der Waals surface area contributed by atoms with Crippen LogP contribution in [0.3, 0.4) is 0 Å². The monoisotopic (exact) mass is 333 g/mol. The molecule has 1 aromatic rings. The van der Waals surface area contributed by atoms with Crippen molar-refractivity contribution in [3.63, 3.8) is 0 Å². The highest BCUT2D eigenvalue weighted by molar-refractivity contribution is 5.91. The molecule has 1 amide bonds. The van der Waals surface area contributed by atoms with Crippen molar-refractivity contribution in [3.8, 4) is 0 Å². The highest BCUT2D eigenvalue weighted by Gasteiger charge is 2.41. The molecule has 1 aliphatic carbocycles. The molecule has 1 aromatic carbocycles. The third kappa shape index (κ3) is 4.92. The quantitative estimate of drug-likeness (QED) is 0.784. The van der Waals surface area contributed by atoms with E-state index in [0.717, 1.165) is 25.0 Å². The number of alkyl halides is 4. The Labute approximate surface area is 132 Å². The molecule has 23 heavy (non-hydrogen) atoms. The van der Waals surface area contributed by atoms with Gasteiger partial charge >= 0.3 is 6.18 Å². The van der Waals surface area contributed by atoms with Gasteiger partial charge < -0.3 is 10.1 Å². The Morgan fingerprint density at radius 3 is 2.70 bits per heavy atom. The number of amides is 1. The van der Waals surface area contributed by atoms with Crippen LogP contribution in [0.25, 0.3) is 0 Å². The molecule has 0 unspecified atom stereocenters. The SMILES string of the molecule is CCOC1CC(CC(=O)Nc2cccc([C@@H](F)C(F)(F)F)c2)C1. The normalized spacial score (nSPS) is 22.3. The third-order valence-corrected chi connectivity index (χ3v) is 3.82. The number of carbonyl (C=O) groups excluding carboxylic acids is 1. The number of carbonyl (C=O) groups is 1. The highest BCUT2D eigenvalue weighted by atomic mass is 19.4. The first-order valence-corrected chi connectivity index (χ1v) is 7.51. The van der Waals surface area contributed by atoms with Crippen molar-refractivity contribution in [1.82, 2.24) is 0 Å². The van der Waals surface area contributed by atoms with E-state index < -0.39 is 17.9 Å². The van der Waals surface area contributed by atoms with Gasteiger partial charge in [-0.05, 0) is 43.4 Å². The second kappa shape index (κ2) is 7.29. The lowest BCUT2D eigenvalue weighted by molar-refractivity contribution is -0.182. The van der Waals surface area contributed by atoms with E-state index >= 15 is 0 Å². The molecule has 2 rings (SSSR count). The summed E-state index contributed by atoms with van der Waals surface area (Å²) in [5, 5.41) is 2.52. The van der Waals surface area contributed by atoms with Gasteiger partial charge in [-0.3, -0.25) is 4.79 Å². The Balaban J connectivity index is 1.87. The molecule has 1 fully saturated rings. The molecule has 1 atom stereocenters. The van der Waals surface area contributed by atoms with Gasteiger partial charge in [-0.2, -0.15) is 13.2 Å². The van der Waals surface area contributed by atoms with Crippen LogP contribution in [-0.2, 0) is 9.53 Å². The zero-order chi connectivity index (χ0) is 17.0. The molecule has 0 saturated heterocycles. The maximum Gasteiger partial charge on any atom is 0.423 e. The Kier molecular flexibility index (Phi) is 5.62. The number of ether oxygens (including phenoxy) is 1. The molecule has 1 aliphatic rings. The van der Waals surface area contributed by atoms with Gasteiger partial charge in [0, 0.05) is 18.7 Å².